The van der Waals surface area contributed by atoms with Crippen LogP contribution >= 0.6 is 0 Å². The third-order valence-electron chi connectivity index (χ3n) is 3.64. The molecule has 0 heterocycles. The highest BCUT2D eigenvalue weighted by Crippen LogP contribution is 2.28. The summed E-state index contributed by atoms with van der Waals surface area (Å²) in [6, 6.07) is 7.86. The minimum Gasteiger partial charge on any atom is -0.481 e. The third-order valence-corrected chi connectivity index (χ3v) is 3.64. The van der Waals surface area contributed by atoms with Gasteiger partial charge < -0.3 is 10.0 Å². The lowest BCUT2D eigenvalue weighted by Crippen LogP contribution is -2.35. The van der Waals surface area contributed by atoms with E-state index in [-0.39, 0.29) is 18.4 Å². The summed E-state index contributed by atoms with van der Waals surface area (Å²) in [7, 11) is 0. The second kappa shape index (κ2) is 6.07. The molecular formula is C16H21NO3. The molecule has 1 aliphatic rings. The van der Waals surface area contributed by atoms with E-state index in [4.69, 9.17) is 5.11 Å². The van der Waals surface area contributed by atoms with E-state index < -0.39 is 5.97 Å². The normalized spacial score (nSPS) is 14.3. The number of carboxylic acids is 1. The molecule has 4 nitrogen and oxygen atoms in total. The Morgan fingerprint density at radius 3 is 2.30 bits per heavy atom. The van der Waals surface area contributed by atoms with E-state index in [1.165, 1.54) is 5.56 Å². The minimum atomic E-state index is -0.862. The lowest BCUT2D eigenvalue weighted by atomic mass is 10.0. The first kappa shape index (κ1) is 14.6. The van der Waals surface area contributed by atoms with Gasteiger partial charge in [0.25, 0.3) is 5.91 Å². The molecule has 108 valence electrons. The molecule has 1 aromatic rings. The van der Waals surface area contributed by atoms with Gasteiger partial charge in [-0.3, -0.25) is 9.59 Å². The lowest BCUT2D eigenvalue weighted by molar-refractivity contribution is -0.137. The van der Waals surface area contributed by atoms with Crippen molar-refractivity contribution in [2.45, 2.75) is 45.1 Å². The van der Waals surface area contributed by atoms with Gasteiger partial charge in [-0.25, -0.2) is 0 Å². The van der Waals surface area contributed by atoms with E-state index in [2.05, 4.69) is 13.8 Å². The zero-order valence-corrected chi connectivity index (χ0v) is 12.0. The summed E-state index contributed by atoms with van der Waals surface area (Å²) in [5, 5.41) is 8.78. The Balaban J connectivity index is 2.08. The highest BCUT2D eigenvalue weighted by atomic mass is 16.4. The van der Waals surface area contributed by atoms with Crippen LogP contribution in [0.4, 0.5) is 0 Å². The van der Waals surface area contributed by atoms with Gasteiger partial charge in [-0.15, -0.1) is 0 Å². The minimum absolute atomic E-state index is 0.00627. The van der Waals surface area contributed by atoms with Gasteiger partial charge in [0.15, 0.2) is 0 Å². The van der Waals surface area contributed by atoms with Crippen LogP contribution in [0.5, 0.6) is 0 Å². The van der Waals surface area contributed by atoms with Gasteiger partial charge in [0.05, 0.1) is 6.42 Å². The third kappa shape index (κ3) is 3.59. The molecule has 0 spiro atoms. The molecule has 0 aromatic heterocycles. The van der Waals surface area contributed by atoms with Crippen molar-refractivity contribution in [3.63, 3.8) is 0 Å². The van der Waals surface area contributed by atoms with Crippen LogP contribution in [0.1, 0.15) is 54.9 Å². The maximum absolute atomic E-state index is 12.5. The van der Waals surface area contributed by atoms with Gasteiger partial charge in [0.1, 0.15) is 0 Å². The number of benzene rings is 1. The SMILES string of the molecule is CC(C)c1ccc(C(=O)N(CCC(=O)O)C2CC2)cc1. The summed E-state index contributed by atoms with van der Waals surface area (Å²) in [6.07, 6.45) is 1.97. The molecule has 1 aliphatic carbocycles. The van der Waals surface area contributed by atoms with E-state index in [9.17, 15) is 9.59 Å². The molecule has 1 N–H and O–H groups in total. The van der Waals surface area contributed by atoms with Crippen LogP contribution in [0.15, 0.2) is 24.3 Å². The second-order valence-electron chi connectivity index (χ2n) is 5.65. The Morgan fingerprint density at radius 1 is 1.25 bits per heavy atom. The van der Waals surface area contributed by atoms with Gasteiger partial charge in [0, 0.05) is 18.2 Å². The van der Waals surface area contributed by atoms with Gasteiger partial charge in [-0.1, -0.05) is 26.0 Å². The van der Waals surface area contributed by atoms with Crippen LogP contribution in [0.3, 0.4) is 0 Å². The number of carbonyl (C=O) groups excluding carboxylic acids is 1. The highest BCUT2D eigenvalue weighted by molar-refractivity contribution is 5.94. The summed E-state index contributed by atoms with van der Waals surface area (Å²) in [5.74, 6) is -0.478. The predicted molar refractivity (Wildman–Crippen MR) is 76.8 cm³/mol. The molecule has 20 heavy (non-hydrogen) atoms. The molecule has 0 saturated heterocycles. The predicted octanol–water partition coefficient (Wildman–Crippen LogP) is 2.89. The molecule has 0 unspecified atom stereocenters. The fourth-order valence-electron chi connectivity index (χ4n) is 2.23. The highest BCUT2D eigenvalue weighted by Gasteiger charge is 2.33. The number of hydrogen-bond donors (Lipinski definition) is 1. The Kier molecular flexibility index (Phi) is 4.42. The van der Waals surface area contributed by atoms with E-state index in [0.29, 0.717) is 18.0 Å². The van der Waals surface area contributed by atoms with Crippen molar-refractivity contribution in [3.8, 4) is 0 Å². The average Bonchev–Trinajstić information content (AvgIpc) is 3.23. The molecule has 2 rings (SSSR count). The van der Waals surface area contributed by atoms with Gasteiger partial charge in [-0.05, 0) is 36.5 Å². The molecule has 1 fully saturated rings. The van der Waals surface area contributed by atoms with E-state index >= 15 is 0 Å². The van der Waals surface area contributed by atoms with E-state index in [1.807, 2.05) is 24.3 Å². The van der Waals surface area contributed by atoms with Crippen molar-refractivity contribution in [2.75, 3.05) is 6.54 Å². The van der Waals surface area contributed by atoms with Crippen LogP contribution in [-0.4, -0.2) is 34.5 Å². The average molecular weight is 275 g/mol. The zero-order valence-electron chi connectivity index (χ0n) is 12.0. The zero-order chi connectivity index (χ0) is 14.7. The second-order valence-corrected chi connectivity index (χ2v) is 5.65. The van der Waals surface area contributed by atoms with Crippen molar-refractivity contribution in [1.82, 2.24) is 4.90 Å². The first-order valence-electron chi connectivity index (χ1n) is 7.11. The number of amides is 1. The summed E-state index contributed by atoms with van der Waals surface area (Å²) >= 11 is 0. The van der Waals surface area contributed by atoms with E-state index in [0.717, 1.165) is 12.8 Å². The standard InChI is InChI=1S/C16H21NO3/c1-11(2)12-3-5-13(6-4-12)16(20)17(14-7-8-14)10-9-15(18)19/h3-6,11,14H,7-10H2,1-2H3,(H,18,19). The summed E-state index contributed by atoms with van der Waals surface area (Å²) in [4.78, 5) is 24.8. The summed E-state index contributed by atoms with van der Waals surface area (Å²) in [5.41, 5.74) is 1.84. The largest absolute Gasteiger partial charge is 0.481 e. The van der Waals surface area contributed by atoms with Crippen LogP contribution in [-0.2, 0) is 4.79 Å². The first-order valence-corrected chi connectivity index (χ1v) is 7.11. The van der Waals surface area contributed by atoms with Crippen LogP contribution in [0, 0.1) is 0 Å². The summed E-state index contributed by atoms with van der Waals surface area (Å²) in [6.45, 7) is 4.52. The van der Waals surface area contributed by atoms with Gasteiger partial charge in [-0.2, -0.15) is 0 Å². The van der Waals surface area contributed by atoms with Crippen molar-refractivity contribution in [3.05, 3.63) is 35.4 Å². The Hall–Kier alpha value is -1.84. The van der Waals surface area contributed by atoms with Crippen molar-refractivity contribution >= 4 is 11.9 Å². The number of carbonyl (C=O) groups is 2. The molecule has 0 bridgehead atoms. The Morgan fingerprint density at radius 2 is 1.85 bits per heavy atom. The van der Waals surface area contributed by atoms with Crippen LogP contribution < -0.4 is 0 Å². The lowest BCUT2D eigenvalue weighted by Gasteiger charge is -2.22. The maximum Gasteiger partial charge on any atom is 0.305 e. The fourth-order valence-corrected chi connectivity index (χ4v) is 2.23. The van der Waals surface area contributed by atoms with Crippen molar-refractivity contribution in [1.29, 1.82) is 0 Å². The monoisotopic (exact) mass is 275 g/mol. The number of rotatable bonds is 6. The van der Waals surface area contributed by atoms with Crippen molar-refractivity contribution in [2.24, 2.45) is 0 Å². The van der Waals surface area contributed by atoms with Gasteiger partial charge >= 0.3 is 5.97 Å². The maximum atomic E-state index is 12.5. The molecule has 0 radical (unpaired) electrons. The topological polar surface area (TPSA) is 57.6 Å². The Bertz CT molecular complexity index is 489. The van der Waals surface area contributed by atoms with Crippen molar-refractivity contribution < 1.29 is 14.7 Å². The Labute approximate surface area is 119 Å². The number of aliphatic carboxylic acids is 1. The number of carboxylic acid groups (broad SMARTS) is 1. The molecule has 4 heteroatoms. The molecule has 1 aromatic carbocycles. The first-order chi connectivity index (χ1) is 9.49. The molecule has 0 atom stereocenters. The van der Waals surface area contributed by atoms with Gasteiger partial charge in [0.2, 0.25) is 0 Å². The number of hydrogen-bond acceptors (Lipinski definition) is 2. The number of nitrogens with zero attached hydrogens (tertiary/aromatic N) is 1. The van der Waals surface area contributed by atoms with E-state index in [1.54, 1.807) is 4.90 Å². The molecular weight excluding hydrogens is 254 g/mol. The quantitative estimate of drug-likeness (QED) is 0.868. The molecule has 0 aliphatic heterocycles. The summed E-state index contributed by atoms with van der Waals surface area (Å²) < 4.78 is 0. The smallest absolute Gasteiger partial charge is 0.305 e. The van der Waals surface area contributed by atoms with Crippen LogP contribution in [0.25, 0.3) is 0 Å². The van der Waals surface area contributed by atoms with Crippen LogP contribution in [0.2, 0.25) is 0 Å². The molecule has 1 saturated carbocycles. The molecule has 1 amide bonds. The fraction of sp³-hybridized carbons (Fsp3) is 0.500.